The van der Waals surface area contributed by atoms with Gasteiger partial charge in [-0.3, -0.25) is 0 Å². The van der Waals surface area contributed by atoms with Gasteiger partial charge in [-0.1, -0.05) is 48.5 Å². The molecule has 0 saturated carbocycles. The van der Waals surface area contributed by atoms with Crippen molar-refractivity contribution in [2.45, 2.75) is 19.1 Å². The van der Waals surface area contributed by atoms with Crippen molar-refractivity contribution < 1.29 is 9.84 Å². The van der Waals surface area contributed by atoms with Crippen LogP contribution in [-0.4, -0.2) is 17.8 Å². The van der Waals surface area contributed by atoms with Gasteiger partial charge in [0.2, 0.25) is 0 Å². The van der Waals surface area contributed by atoms with Crippen LogP contribution in [0.4, 0.5) is 0 Å². The molecule has 0 fully saturated rings. The molecule has 0 spiro atoms. The van der Waals surface area contributed by atoms with Crippen LogP contribution in [0.2, 0.25) is 0 Å². The van der Waals surface area contributed by atoms with Gasteiger partial charge in [-0.25, -0.2) is 0 Å². The lowest BCUT2D eigenvalue weighted by molar-refractivity contribution is -0.0103. The highest BCUT2D eigenvalue weighted by Crippen LogP contribution is 2.45. The molecular formula is C16H16O2. The van der Waals surface area contributed by atoms with Crippen molar-refractivity contribution in [1.29, 1.82) is 0 Å². The van der Waals surface area contributed by atoms with Gasteiger partial charge in [-0.15, -0.1) is 0 Å². The predicted molar refractivity (Wildman–Crippen MR) is 71.4 cm³/mol. The lowest BCUT2D eigenvalue weighted by Crippen LogP contribution is -2.16. The predicted octanol–water partition coefficient (Wildman–Crippen LogP) is 3.15. The Bertz CT molecular complexity index is 517. The summed E-state index contributed by atoms with van der Waals surface area (Å²) < 4.78 is 5.96. The van der Waals surface area contributed by atoms with Crippen molar-refractivity contribution in [3.63, 3.8) is 0 Å². The fourth-order valence-electron chi connectivity index (χ4n) is 2.53. The molecule has 3 rings (SSSR count). The van der Waals surface area contributed by atoms with E-state index in [0.717, 1.165) is 0 Å². The second-order valence-corrected chi connectivity index (χ2v) is 4.68. The van der Waals surface area contributed by atoms with E-state index in [4.69, 9.17) is 9.84 Å². The van der Waals surface area contributed by atoms with E-state index in [1.165, 1.54) is 22.3 Å². The lowest BCUT2D eigenvalue weighted by atomic mass is 10.1. The molecule has 18 heavy (non-hydrogen) atoms. The molecule has 1 aliphatic rings. The fraction of sp³-hybridized carbons (Fsp3) is 0.250. The third-order valence-electron chi connectivity index (χ3n) is 3.40. The van der Waals surface area contributed by atoms with E-state index < -0.39 is 0 Å². The Hall–Kier alpha value is -1.64. The first-order valence-electron chi connectivity index (χ1n) is 6.26. The summed E-state index contributed by atoms with van der Waals surface area (Å²) >= 11 is 0. The van der Waals surface area contributed by atoms with E-state index >= 15 is 0 Å². The van der Waals surface area contributed by atoms with Gasteiger partial charge in [-0.05, 0) is 29.2 Å². The first-order valence-corrected chi connectivity index (χ1v) is 6.26. The van der Waals surface area contributed by atoms with E-state index in [2.05, 4.69) is 24.3 Å². The Morgan fingerprint density at radius 3 is 2.00 bits per heavy atom. The van der Waals surface area contributed by atoms with Crippen molar-refractivity contribution >= 4 is 0 Å². The van der Waals surface area contributed by atoms with E-state index in [9.17, 15) is 0 Å². The summed E-state index contributed by atoms with van der Waals surface area (Å²) in [6.45, 7) is 1.93. The van der Waals surface area contributed by atoms with Gasteiger partial charge in [-0.2, -0.15) is 0 Å². The van der Waals surface area contributed by atoms with Crippen LogP contribution < -0.4 is 0 Å². The van der Waals surface area contributed by atoms with Crippen LogP contribution in [0.5, 0.6) is 0 Å². The second-order valence-electron chi connectivity index (χ2n) is 4.68. The van der Waals surface area contributed by atoms with Crippen molar-refractivity contribution in [2.75, 3.05) is 6.61 Å². The Morgan fingerprint density at radius 2 is 1.50 bits per heavy atom. The van der Waals surface area contributed by atoms with Gasteiger partial charge in [0.25, 0.3) is 0 Å². The maximum absolute atomic E-state index is 9.17. The molecule has 2 nitrogen and oxygen atoms in total. The number of hydrogen-bond acceptors (Lipinski definition) is 2. The normalized spacial score (nSPS) is 15.2. The van der Waals surface area contributed by atoms with Gasteiger partial charge in [0.05, 0.1) is 12.7 Å². The Balaban J connectivity index is 2.09. The van der Waals surface area contributed by atoms with E-state index in [1.807, 2.05) is 31.2 Å². The first-order chi connectivity index (χ1) is 8.81. The quantitative estimate of drug-likeness (QED) is 0.893. The second kappa shape index (κ2) is 4.56. The smallest absolute Gasteiger partial charge is 0.109 e. The van der Waals surface area contributed by atoms with Crippen LogP contribution in [0, 0.1) is 0 Å². The van der Waals surface area contributed by atoms with Gasteiger partial charge in [0, 0.05) is 0 Å². The first kappa shape index (κ1) is 11.5. The van der Waals surface area contributed by atoms with E-state index in [-0.39, 0.29) is 18.8 Å². The van der Waals surface area contributed by atoms with Crippen molar-refractivity contribution in [1.82, 2.24) is 0 Å². The molecule has 2 aromatic carbocycles. The molecule has 1 aliphatic carbocycles. The van der Waals surface area contributed by atoms with Crippen LogP contribution in [0.15, 0.2) is 48.5 Å². The molecule has 0 amide bonds. The number of aliphatic hydroxyl groups is 1. The Kier molecular flexibility index (Phi) is 2.90. The van der Waals surface area contributed by atoms with Crippen LogP contribution >= 0.6 is 0 Å². The van der Waals surface area contributed by atoms with Crippen LogP contribution in [0.3, 0.4) is 0 Å². The van der Waals surface area contributed by atoms with Crippen molar-refractivity contribution in [2.24, 2.45) is 0 Å². The zero-order valence-electron chi connectivity index (χ0n) is 10.3. The topological polar surface area (TPSA) is 29.5 Å². The average molecular weight is 240 g/mol. The monoisotopic (exact) mass is 240 g/mol. The Labute approximate surface area is 107 Å². The van der Waals surface area contributed by atoms with Crippen LogP contribution in [0.25, 0.3) is 11.1 Å². The molecule has 0 bridgehead atoms. The zero-order valence-corrected chi connectivity index (χ0v) is 10.3. The van der Waals surface area contributed by atoms with Gasteiger partial charge in [0.15, 0.2) is 0 Å². The largest absolute Gasteiger partial charge is 0.394 e. The molecule has 2 aromatic rings. The number of hydrogen-bond donors (Lipinski definition) is 1. The van der Waals surface area contributed by atoms with Crippen LogP contribution in [-0.2, 0) is 4.74 Å². The highest BCUT2D eigenvalue weighted by molar-refractivity contribution is 5.78. The van der Waals surface area contributed by atoms with Crippen LogP contribution in [0.1, 0.15) is 24.2 Å². The number of aliphatic hydroxyl groups excluding tert-OH is 1. The molecule has 2 heteroatoms. The van der Waals surface area contributed by atoms with E-state index in [1.54, 1.807) is 0 Å². The standard InChI is InChI=1S/C16H16O2/c1-11(10-17)18-16-14-8-4-2-6-12(14)13-7-3-5-9-15(13)16/h2-9,11,16-17H,10H2,1H3/t11-/m1/s1. The molecule has 0 aromatic heterocycles. The fourth-order valence-corrected chi connectivity index (χ4v) is 2.53. The summed E-state index contributed by atoms with van der Waals surface area (Å²) in [5.74, 6) is 0. The molecule has 1 atom stereocenters. The molecule has 1 N–H and O–H groups in total. The van der Waals surface area contributed by atoms with Crippen molar-refractivity contribution in [3.8, 4) is 11.1 Å². The summed E-state index contributed by atoms with van der Waals surface area (Å²) in [6.07, 6.45) is -0.214. The molecule has 0 saturated heterocycles. The van der Waals surface area contributed by atoms with Crippen molar-refractivity contribution in [3.05, 3.63) is 59.7 Å². The lowest BCUT2D eigenvalue weighted by Gasteiger charge is -2.19. The average Bonchev–Trinajstić information content (AvgIpc) is 2.74. The summed E-state index contributed by atoms with van der Waals surface area (Å²) in [6, 6.07) is 16.6. The summed E-state index contributed by atoms with van der Waals surface area (Å²) in [7, 11) is 0. The molecular weight excluding hydrogens is 224 g/mol. The van der Waals surface area contributed by atoms with Gasteiger partial charge >= 0.3 is 0 Å². The third kappa shape index (κ3) is 1.74. The van der Waals surface area contributed by atoms with Gasteiger partial charge in [0.1, 0.15) is 6.10 Å². The third-order valence-corrected chi connectivity index (χ3v) is 3.40. The maximum atomic E-state index is 9.17. The molecule has 92 valence electrons. The summed E-state index contributed by atoms with van der Waals surface area (Å²) in [5, 5.41) is 9.17. The number of benzene rings is 2. The highest BCUT2D eigenvalue weighted by atomic mass is 16.5. The number of ether oxygens (including phenoxy) is 1. The maximum Gasteiger partial charge on any atom is 0.109 e. The Morgan fingerprint density at radius 1 is 1.00 bits per heavy atom. The summed E-state index contributed by atoms with van der Waals surface area (Å²) in [5.41, 5.74) is 4.87. The zero-order chi connectivity index (χ0) is 12.5. The minimum absolute atomic E-state index is 0.0425. The highest BCUT2D eigenvalue weighted by Gasteiger charge is 2.29. The minimum Gasteiger partial charge on any atom is -0.394 e. The number of fused-ring (bicyclic) bond motifs is 3. The molecule has 0 heterocycles. The molecule has 0 unspecified atom stereocenters. The summed E-state index contributed by atoms with van der Waals surface area (Å²) in [4.78, 5) is 0. The number of rotatable bonds is 3. The SMILES string of the molecule is C[C@H](CO)OC1c2ccccc2-c2ccccc21. The van der Waals surface area contributed by atoms with E-state index in [0.29, 0.717) is 0 Å². The van der Waals surface area contributed by atoms with Gasteiger partial charge < -0.3 is 9.84 Å². The minimum atomic E-state index is -0.158. The molecule has 0 aliphatic heterocycles. The molecule has 0 radical (unpaired) electrons.